The fraction of sp³-hybridized carbons (Fsp3) is 0.920. The van der Waals surface area contributed by atoms with Gasteiger partial charge in [0.15, 0.2) is 0 Å². The molecule has 0 aliphatic carbocycles. The van der Waals surface area contributed by atoms with E-state index in [0.29, 0.717) is 6.42 Å². The lowest BCUT2D eigenvalue weighted by atomic mass is 10.0. The van der Waals surface area contributed by atoms with E-state index in [1.54, 1.807) is 20.8 Å². The van der Waals surface area contributed by atoms with Crippen LogP contribution in [0, 0.1) is 0 Å². The Bertz CT molecular complexity index is 431. The van der Waals surface area contributed by atoms with E-state index in [9.17, 15) is 14.7 Å². The smallest absolute Gasteiger partial charge is 0.408 e. The fourth-order valence-electron chi connectivity index (χ4n) is 3.60. The summed E-state index contributed by atoms with van der Waals surface area (Å²) in [5.74, 6) is -0.998. The van der Waals surface area contributed by atoms with Crippen molar-refractivity contribution in [3.63, 3.8) is 0 Å². The van der Waals surface area contributed by atoms with E-state index in [1.165, 1.54) is 83.5 Å². The number of hydrogen-bond acceptors (Lipinski definition) is 3. The van der Waals surface area contributed by atoms with Gasteiger partial charge >= 0.3 is 12.1 Å². The minimum absolute atomic E-state index is 0.451. The Kier molecular flexibility index (Phi) is 17.7. The molecular formula is C25H49NO4. The molecule has 0 aliphatic rings. The van der Waals surface area contributed by atoms with E-state index in [2.05, 4.69) is 12.2 Å². The molecule has 0 saturated carbocycles. The van der Waals surface area contributed by atoms with E-state index in [4.69, 9.17) is 4.74 Å². The quantitative estimate of drug-likeness (QED) is 0.208. The van der Waals surface area contributed by atoms with Crippen LogP contribution in [0.5, 0.6) is 0 Å². The molecule has 0 fully saturated rings. The molecule has 0 aromatic carbocycles. The van der Waals surface area contributed by atoms with Gasteiger partial charge in [-0.25, -0.2) is 9.59 Å². The lowest BCUT2D eigenvalue weighted by Gasteiger charge is -2.22. The number of alkyl carbamates (subject to hydrolysis) is 1. The minimum Gasteiger partial charge on any atom is -0.480 e. The van der Waals surface area contributed by atoms with Gasteiger partial charge in [-0.05, 0) is 27.2 Å². The lowest BCUT2D eigenvalue weighted by Crippen LogP contribution is -2.43. The molecule has 1 atom stereocenters. The monoisotopic (exact) mass is 427 g/mol. The number of aliphatic carboxylic acids is 1. The van der Waals surface area contributed by atoms with Crippen molar-refractivity contribution in [1.29, 1.82) is 0 Å². The van der Waals surface area contributed by atoms with Gasteiger partial charge in [0.1, 0.15) is 11.6 Å². The van der Waals surface area contributed by atoms with Gasteiger partial charge in [-0.3, -0.25) is 0 Å². The molecule has 5 nitrogen and oxygen atoms in total. The molecule has 30 heavy (non-hydrogen) atoms. The van der Waals surface area contributed by atoms with Gasteiger partial charge in [-0.1, -0.05) is 110 Å². The maximum Gasteiger partial charge on any atom is 0.408 e. The Hall–Kier alpha value is -1.26. The van der Waals surface area contributed by atoms with Gasteiger partial charge in [0.2, 0.25) is 0 Å². The van der Waals surface area contributed by atoms with Crippen molar-refractivity contribution in [3.8, 4) is 0 Å². The Morgan fingerprint density at radius 3 is 1.43 bits per heavy atom. The Balaban J connectivity index is 3.52. The average Bonchev–Trinajstić information content (AvgIpc) is 2.65. The Morgan fingerprint density at radius 1 is 0.733 bits per heavy atom. The first kappa shape index (κ1) is 28.7. The topological polar surface area (TPSA) is 75.6 Å². The van der Waals surface area contributed by atoms with Crippen molar-refractivity contribution >= 4 is 12.1 Å². The van der Waals surface area contributed by atoms with Crippen molar-refractivity contribution in [2.75, 3.05) is 0 Å². The van der Waals surface area contributed by atoms with E-state index >= 15 is 0 Å². The number of rotatable bonds is 19. The number of amides is 1. The normalized spacial score (nSPS) is 12.5. The van der Waals surface area contributed by atoms with Crippen LogP contribution in [0.25, 0.3) is 0 Å². The first-order valence-electron chi connectivity index (χ1n) is 12.5. The zero-order valence-corrected chi connectivity index (χ0v) is 20.3. The summed E-state index contributed by atoms with van der Waals surface area (Å²) < 4.78 is 5.14. The van der Waals surface area contributed by atoms with Crippen molar-refractivity contribution in [2.45, 2.75) is 148 Å². The third kappa shape index (κ3) is 20.0. The predicted molar refractivity (Wildman–Crippen MR) is 125 cm³/mol. The molecule has 0 bridgehead atoms. The number of carbonyl (C=O) groups excluding carboxylic acids is 1. The maximum absolute atomic E-state index is 11.7. The number of carboxylic acids is 1. The van der Waals surface area contributed by atoms with E-state index in [-0.39, 0.29) is 0 Å². The standard InChI is InChI=1S/C25H49NO4/c1-5-6-7-8-9-10-11-12-13-14-15-16-17-18-19-20-21-22(23(27)28)26-24(29)30-25(2,3)4/h22H,5-21H2,1-4H3,(H,26,29)(H,27,28). The third-order valence-corrected chi connectivity index (χ3v) is 5.34. The second kappa shape index (κ2) is 18.5. The number of nitrogens with one attached hydrogen (secondary N) is 1. The molecule has 2 N–H and O–H groups in total. The largest absolute Gasteiger partial charge is 0.480 e. The molecule has 0 saturated heterocycles. The molecule has 5 heteroatoms. The Labute approximate surface area is 185 Å². The van der Waals surface area contributed by atoms with E-state index in [1.807, 2.05) is 0 Å². The first-order chi connectivity index (χ1) is 14.3. The van der Waals surface area contributed by atoms with Crippen molar-refractivity contribution in [1.82, 2.24) is 5.32 Å². The fourth-order valence-corrected chi connectivity index (χ4v) is 3.60. The zero-order chi connectivity index (χ0) is 22.7. The summed E-state index contributed by atoms with van der Waals surface area (Å²) in [6.45, 7) is 7.55. The number of hydrogen-bond donors (Lipinski definition) is 2. The zero-order valence-electron chi connectivity index (χ0n) is 20.3. The molecule has 0 rings (SSSR count). The minimum atomic E-state index is -0.998. The highest BCUT2D eigenvalue weighted by Gasteiger charge is 2.23. The molecular weight excluding hydrogens is 378 g/mol. The highest BCUT2D eigenvalue weighted by molar-refractivity contribution is 5.79. The van der Waals surface area contributed by atoms with Gasteiger partial charge in [0.25, 0.3) is 0 Å². The molecule has 178 valence electrons. The van der Waals surface area contributed by atoms with Crippen LogP contribution in [0.15, 0.2) is 0 Å². The Morgan fingerprint density at radius 2 is 1.10 bits per heavy atom. The first-order valence-corrected chi connectivity index (χ1v) is 12.5. The summed E-state index contributed by atoms with van der Waals surface area (Å²) >= 11 is 0. The van der Waals surface area contributed by atoms with Crippen LogP contribution < -0.4 is 5.32 Å². The summed E-state index contributed by atoms with van der Waals surface area (Å²) in [4.78, 5) is 23.1. The third-order valence-electron chi connectivity index (χ3n) is 5.34. The van der Waals surface area contributed by atoms with Crippen molar-refractivity contribution < 1.29 is 19.4 Å². The van der Waals surface area contributed by atoms with Crippen LogP contribution in [0.3, 0.4) is 0 Å². The van der Waals surface area contributed by atoms with Gasteiger partial charge in [0, 0.05) is 0 Å². The summed E-state index contributed by atoms with van der Waals surface area (Å²) in [5.41, 5.74) is -0.624. The van der Waals surface area contributed by atoms with Gasteiger partial charge in [-0.15, -0.1) is 0 Å². The van der Waals surface area contributed by atoms with E-state index in [0.717, 1.165) is 19.3 Å². The van der Waals surface area contributed by atoms with Crippen LogP contribution in [0.4, 0.5) is 4.79 Å². The SMILES string of the molecule is CCCCCCCCCCCCCCCCCCC(NC(=O)OC(C)(C)C)C(=O)O. The number of carbonyl (C=O) groups is 2. The summed E-state index contributed by atoms with van der Waals surface area (Å²) in [6.07, 6.45) is 20.4. The molecule has 0 aliphatic heterocycles. The molecule has 0 spiro atoms. The second-order valence-electron chi connectivity index (χ2n) is 9.63. The summed E-state index contributed by atoms with van der Waals surface area (Å²) in [7, 11) is 0. The van der Waals surface area contributed by atoms with Crippen LogP contribution in [-0.4, -0.2) is 28.8 Å². The summed E-state index contributed by atoms with van der Waals surface area (Å²) in [6, 6.07) is -0.869. The molecule has 1 amide bonds. The van der Waals surface area contributed by atoms with Crippen LogP contribution >= 0.6 is 0 Å². The number of ether oxygens (including phenoxy) is 1. The molecule has 0 aromatic rings. The van der Waals surface area contributed by atoms with Crippen LogP contribution in [0.1, 0.15) is 137 Å². The van der Waals surface area contributed by atoms with E-state index < -0.39 is 23.7 Å². The van der Waals surface area contributed by atoms with Gasteiger partial charge in [-0.2, -0.15) is 0 Å². The lowest BCUT2D eigenvalue weighted by molar-refractivity contribution is -0.139. The molecule has 1 unspecified atom stereocenters. The molecule has 0 aromatic heterocycles. The maximum atomic E-state index is 11.7. The average molecular weight is 428 g/mol. The van der Waals surface area contributed by atoms with Crippen LogP contribution in [0.2, 0.25) is 0 Å². The number of unbranched alkanes of at least 4 members (excludes halogenated alkanes) is 15. The van der Waals surface area contributed by atoms with Gasteiger partial charge < -0.3 is 15.2 Å². The predicted octanol–water partition coefficient (Wildman–Crippen LogP) is 7.62. The highest BCUT2D eigenvalue weighted by Crippen LogP contribution is 2.14. The van der Waals surface area contributed by atoms with Crippen molar-refractivity contribution in [2.24, 2.45) is 0 Å². The highest BCUT2D eigenvalue weighted by atomic mass is 16.6. The molecule has 0 heterocycles. The second-order valence-corrected chi connectivity index (χ2v) is 9.63. The van der Waals surface area contributed by atoms with Gasteiger partial charge in [0.05, 0.1) is 0 Å². The number of carboxylic acid groups (broad SMARTS) is 1. The van der Waals surface area contributed by atoms with Crippen LogP contribution in [-0.2, 0) is 9.53 Å². The van der Waals surface area contributed by atoms with Crippen molar-refractivity contribution in [3.05, 3.63) is 0 Å². The summed E-state index contributed by atoms with van der Waals surface area (Å²) in [5, 5.41) is 11.7. The molecule has 0 radical (unpaired) electrons.